The van der Waals surface area contributed by atoms with Gasteiger partial charge in [0, 0.05) is 41.4 Å². The average Bonchev–Trinajstić information content (AvgIpc) is 3.25. The monoisotopic (exact) mass is 564 g/mol. The number of aromatic nitrogens is 2. The summed E-state index contributed by atoms with van der Waals surface area (Å²) in [4.78, 5) is 33.9. The Balaban J connectivity index is 1.41. The molecule has 1 unspecified atom stereocenters. The number of thioether (sulfide) groups is 1. The van der Waals surface area contributed by atoms with Crippen LogP contribution in [0.1, 0.15) is 35.8 Å². The molecule has 1 aliphatic rings. The molecule has 9 heteroatoms. The molecule has 6 nitrogen and oxygen atoms in total. The molecule has 0 aliphatic heterocycles. The van der Waals surface area contributed by atoms with Gasteiger partial charge in [0.15, 0.2) is 5.78 Å². The number of anilines is 3. The van der Waals surface area contributed by atoms with Crippen LogP contribution in [0.25, 0.3) is 11.3 Å². The van der Waals surface area contributed by atoms with Crippen LogP contribution in [0.4, 0.5) is 17.2 Å². The van der Waals surface area contributed by atoms with Crippen LogP contribution in [0, 0.1) is 5.92 Å². The summed E-state index contributed by atoms with van der Waals surface area (Å²) in [5, 5.41) is 7.30. The quantitative estimate of drug-likeness (QED) is 0.188. The molecule has 0 fully saturated rings. The number of aromatic amines is 1. The third kappa shape index (κ3) is 6.07. The van der Waals surface area contributed by atoms with Crippen molar-refractivity contribution in [2.45, 2.75) is 31.1 Å². The summed E-state index contributed by atoms with van der Waals surface area (Å²) in [5.41, 5.74) is 4.90. The second-order valence-electron chi connectivity index (χ2n) is 9.24. The SMILES string of the molecule is CC(=O)Nc1cc(-c2[nH]c3c(c2Nc2ccccc2)C(=O)CC(CCSc2ccc(Cl)c(Cl)c2)C3)ccn1. The Morgan fingerprint density at radius 1 is 1.08 bits per heavy atom. The summed E-state index contributed by atoms with van der Waals surface area (Å²) in [6, 6.07) is 19.1. The molecular weight excluding hydrogens is 539 g/mol. The Morgan fingerprint density at radius 2 is 1.89 bits per heavy atom. The van der Waals surface area contributed by atoms with E-state index in [4.69, 9.17) is 23.2 Å². The molecule has 0 bridgehead atoms. The third-order valence-corrected chi connectivity index (χ3v) is 8.17. The van der Waals surface area contributed by atoms with E-state index in [9.17, 15) is 9.59 Å². The van der Waals surface area contributed by atoms with Gasteiger partial charge in [0.05, 0.1) is 27.0 Å². The minimum atomic E-state index is -0.195. The van der Waals surface area contributed by atoms with Gasteiger partial charge in [-0.3, -0.25) is 9.59 Å². The Morgan fingerprint density at radius 3 is 2.66 bits per heavy atom. The van der Waals surface area contributed by atoms with Crippen molar-refractivity contribution < 1.29 is 9.59 Å². The lowest BCUT2D eigenvalue weighted by Crippen LogP contribution is -2.20. The zero-order valence-electron chi connectivity index (χ0n) is 20.7. The van der Waals surface area contributed by atoms with Crippen LogP contribution in [0.2, 0.25) is 10.0 Å². The number of para-hydroxylation sites is 1. The summed E-state index contributed by atoms with van der Waals surface area (Å²) >= 11 is 13.9. The van der Waals surface area contributed by atoms with E-state index in [1.165, 1.54) is 6.92 Å². The highest BCUT2D eigenvalue weighted by Crippen LogP contribution is 2.41. The standard InChI is InChI=1S/C29H26Cl2N4O2S/c1-17(36)33-26-15-19(9-11-32-26)28-29(34-20-5-3-2-4-6-20)27-24(35-28)13-18(14-25(27)37)10-12-38-21-7-8-22(30)23(31)16-21/h2-9,11,15-16,18,34-35H,10,12-14H2,1H3,(H,32,33,36). The lowest BCUT2D eigenvalue weighted by molar-refractivity contribution is -0.114. The number of nitrogens with zero attached hydrogens (tertiary/aromatic N) is 1. The molecule has 5 rings (SSSR count). The van der Waals surface area contributed by atoms with Crippen molar-refractivity contribution in [3.63, 3.8) is 0 Å². The van der Waals surface area contributed by atoms with E-state index in [2.05, 4.69) is 20.6 Å². The van der Waals surface area contributed by atoms with Gasteiger partial charge >= 0.3 is 0 Å². The van der Waals surface area contributed by atoms with Gasteiger partial charge in [0.1, 0.15) is 5.82 Å². The number of carbonyl (C=O) groups excluding carboxylic acids is 2. The van der Waals surface area contributed by atoms with Crippen molar-refractivity contribution in [3.05, 3.63) is 88.2 Å². The maximum atomic E-state index is 13.5. The number of fused-ring (bicyclic) bond motifs is 1. The Labute approximate surface area is 235 Å². The Kier molecular flexibility index (Phi) is 8.07. The fourth-order valence-corrected chi connectivity index (χ4v) is 6.11. The lowest BCUT2D eigenvalue weighted by Gasteiger charge is -2.22. The van der Waals surface area contributed by atoms with Gasteiger partial charge in [-0.15, -0.1) is 11.8 Å². The highest BCUT2D eigenvalue weighted by Gasteiger charge is 2.31. The molecule has 0 spiro atoms. The van der Waals surface area contributed by atoms with Crippen molar-refractivity contribution in [2.75, 3.05) is 16.4 Å². The van der Waals surface area contributed by atoms with Crippen LogP contribution >= 0.6 is 35.0 Å². The number of carbonyl (C=O) groups is 2. The molecule has 0 saturated heterocycles. The van der Waals surface area contributed by atoms with Crippen molar-refractivity contribution in [2.24, 2.45) is 5.92 Å². The fourth-order valence-electron chi connectivity index (χ4n) is 4.69. The molecule has 1 amide bonds. The molecule has 2 aromatic heterocycles. The molecular formula is C29H26Cl2N4O2S. The lowest BCUT2D eigenvalue weighted by atomic mass is 9.84. The first-order valence-corrected chi connectivity index (χ1v) is 14.0. The Bertz CT molecular complexity index is 1490. The molecule has 1 aliphatic carbocycles. The molecule has 3 N–H and O–H groups in total. The van der Waals surface area contributed by atoms with E-state index in [0.29, 0.717) is 27.8 Å². The van der Waals surface area contributed by atoms with E-state index < -0.39 is 0 Å². The van der Waals surface area contributed by atoms with Gasteiger partial charge in [-0.2, -0.15) is 0 Å². The second kappa shape index (κ2) is 11.6. The molecule has 4 aromatic rings. The number of halogens is 2. The van der Waals surface area contributed by atoms with E-state index >= 15 is 0 Å². The maximum Gasteiger partial charge on any atom is 0.222 e. The van der Waals surface area contributed by atoms with Gasteiger partial charge in [0.25, 0.3) is 0 Å². The first kappa shape index (κ1) is 26.4. The Hall–Kier alpha value is -3.26. The minimum Gasteiger partial charge on any atom is -0.356 e. The minimum absolute atomic E-state index is 0.118. The number of rotatable bonds is 8. The highest BCUT2D eigenvalue weighted by molar-refractivity contribution is 7.99. The molecule has 2 heterocycles. The number of H-pyrrole nitrogens is 1. The van der Waals surface area contributed by atoms with E-state index in [1.54, 1.807) is 24.0 Å². The number of Topliss-reactive ketones (excluding diaryl/α,β-unsaturated/α-hetero) is 1. The topological polar surface area (TPSA) is 86.9 Å². The fraction of sp³-hybridized carbons (Fsp3) is 0.207. The molecule has 0 saturated carbocycles. The third-order valence-electron chi connectivity index (χ3n) is 6.41. The molecule has 38 heavy (non-hydrogen) atoms. The van der Waals surface area contributed by atoms with Gasteiger partial charge in [-0.1, -0.05) is 41.4 Å². The summed E-state index contributed by atoms with van der Waals surface area (Å²) in [5.74, 6) is 1.48. The van der Waals surface area contributed by atoms with Crippen LogP contribution in [0.3, 0.4) is 0 Å². The maximum absolute atomic E-state index is 13.5. The van der Waals surface area contributed by atoms with E-state index in [0.717, 1.165) is 51.8 Å². The number of amides is 1. The van der Waals surface area contributed by atoms with Gasteiger partial charge in [0.2, 0.25) is 5.91 Å². The number of benzene rings is 2. The zero-order valence-corrected chi connectivity index (χ0v) is 23.0. The second-order valence-corrected chi connectivity index (χ2v) is 11.2. The summed E-state index contributed by atoms with van der Waals surface area (Å²) < 4.78 is 0. The van der Waals surface area contributed by atoms with Gasteiger partial charge in [-0.25, -0.2) is 4.98 Å². The summed E-state index contributed by atoms with van der Waals surface area (Å²) in [6.07, 6.45) is 3.81. The molecule has 2 aromatic carbocycles. The number of nitrogens with one attached hydrogen (secondary N) is 3. The van der Waals surface area contributed by atoms with Crippen LogP contribution in [0.15, 0.2) is 71.8 Å². The number of hydrogen-bond acceptors (Lipinski definition) is 5. The molecule has 0 radical (unpaired) electrons. The van der Waals surface area contributed by atoms with Crippen molar-refractivity contribution in [1.82, 2.24) is 9.97 Å². The van der Waals surface area contributed by atoms with Crippen LogP contribution in [-0.2, 0) is 11.2 Å². The van der Waals surface area contributed by atoms with Crippen molar-refractivity contribution in [3.8, 4) is 11.3 Å². The normalized spacial score (nSPS) is 14.7. The summed E-state index contributed by atoms with van der Waals surface area (Å²) in [6.45, 7) is 1.45. The average molecular weight is 566 g/mol. The van der Waals surface area contributed by atoms with Crippen LogP contribution in [-0.4, -0.2) is 27.4 Å². The number of pyridine rings is 1. The molecule has 194 valence electrons. The highest BCUT2D eigenvalue weighted by atomic mass is 35.5. The van der Waals surface area contributed by atoms with Crippen LogP contribution < -0.4 is 10.6 Å². The van der Waals surface area contributed by atoms with Crippen LogP contribution in [0.5, 0.6) is 0 Å². The number of ketones is 1. The molecule has 1 atom stereocenters. The number of hydrogen-bond donors (Lipinski definition) is 3. The first-order valence-electron chi connectivity index (χ1n) is 12.3. The smallest absolute Gasteiger partial charge is 0.222 e. The van der Waals surface area contributed by atoms with Crippen molar-refractivity contribution >= 4 is 63.8 Å². The van der Waals surface area contributed by atoms with E-state index in [1.807, 2.05) is 54.6 Å². The first-order chi connectivity index (χ1) is 18.4. The van der Waals surface area contributed by atoms with E-state index in [-0.39, 0.29) is 17.6 Å². The van der Waals surface area contributed by atoms with Gasteiger partial charge < -0.3 is 15.6 Å². The van der Waals surface area contributed by atoms with Gasteiger partial charge in [-0.05, 0) is 67.0 Å². The zero-order chi connectivity index (χ0) is 26.6. The summed E-state index contributed by atoms with van der Waals surface area (Å²) in [7, 11) is 0. The predicted octanol–water partition coefficient (Wildman–Crippen LogP) is 8.01. The predicted molar refractivity (Wildman–Crippen MR) is 156 cm³/mol. The van der Waals surface area contributed by atoms with Crippen molar-refractivity contribution in [1.29, 1.82) is 0 Å². The largest absolute Gasteiger partial charge is 0.356 e.